The predicted octanol–water partition coefficient (Wildman–Crippen LogP) is 3.44. The van der Waals surface area contributed by atoms with Crippen molar-refractivity contribution in [2.24, 2.45) is 0 Å². The van der Waals surface area contributed by atoms with E-state index in [1.165, 1.54) is 26.2 Å². The van der Waals surface area contributed by atoms with E-state index < -0.39 is 5.91 Å². The summed E-state index contributed by atoms with van der Waals surface area (Å²) < 4.78 is 10.6. The zero-order valence-corrected chi connectivity index (χ0v) is 14.4. The first-order valence-corrected chi connectivity index (χ1v) is 7.63. The second kappa shape index (κ2) is 8.18. The van der Waals surface area contributed by atoms with E-state index in [0.717, 1.165) is 0 Å². The molecule has 0 heterocycles. The fourth-order valence-electron chi connectivity index (χ4n) is 2.05. The van der Waals surface area contributed by atoms with Crippen molar-refractivity contribution in [3.05, 3.63) is 52.5 Å². The lowest BCUT2D eigenvalue weighted by Crippen LogP contribution is -2.20. The number of ketones is 1. The molecule has 1 amide bonds. The number of nitrogens with zero attached hydrogens (tertiary/aromatic N) is 1. The number of rotatable bonds is 6. The Morgan fingerprint density at radius 2 is 1.92 bits per heavy atom. The van der Waals surface area contributed by atoms with Crippen LogP contribution in [0, 0.1) is 11.3 Å². The van der Waals surface area contributed by atoms with E-state index in [0.29, 0.717) is 16.8 Å². The van der Waals surface area contributed by atoms with Crippen molar-refractivity contribution in [1.82, 2.24) is 0 Å². The number of benzene rings is 2. The van der Waals surface area contributed by atoms with Crippen molar-refractivity contribution < 1.29 is 19.1 Å². The zero-order chi connectivity index (χ0) is 18.4. The number of halogens is 1. The molecule has 128 valence electrons. The summed E-state index contributed by atoms with van der Waals surface area (Å²) in [5.74, 6) is -0.00489. The highest BCUT2D eigenvalue weighted by molar-refractivity contribution is 6.32. The summed E-state index contributed by atoms with van der Waals surface area (Å²) in [7, 11) is 1.41. The zero-order valence-electron chi connectivity index (χ0n) is 13.6. The molecule has 0 aliphatic carbocycles. The molecule has 0 aromatic heterocycles. The Hall–Kier alpha value is -3.04. The van der Waals surface area contributed by atoms with Crippen LogP contribution >= 0.6 is 11.6 Å². The smallest absolute Gasteiger partial charge is 0.262 e. The number of Topliss-reactive ketones (excluding diaryl/α,β-unsaturated/α-hetero) is 1. The average Bonchev–Trinajstić information content (AvgIpc) is 2.60. The number of ether oxygens (including phenoxy) is 2. The summed E-state index contributed by atoms with van der Waals surface area (Å²) >= 11 is 6.06. The maximum absolute atomic E-state index is 12.0. The number of anilines is 1. The molecule has 25 heavy (non-hydrogen) atoms. The summed E-state index contributed by atoms with van der Waals surface area (Å²) in [5.41, 5.74) is 1.42. The Bertz CT molecular complexity index is 841. The van der Waals surface area contributed by atoms with Gasteiger partial charge in [-0.1, -0.05) is 11.6 Å². The van der Waals surface area contributed by atoms with Crippen LogP contribution in [0.3, 0.4) is 0 Å². The number of carbonyl (C=O) groups is 2. The minimum Gasteiger partial charge on any atom is -0.493 e. The summed E-state index contributed by atoms with van der Waals surface area (Å²) in [6, 6.07) is 11.4. The quantitative estimate of drug-likeness (QED) is 0.799. The van der Waals surface area contributed by atoms with E-state index in [2.05, 4.69) is 5.32 Å². The molecule has 6 nitrogen and oxygen atoms in total. The van der Waals surface area contributed by atoms with Gasteiger partial charge in [-0.15, -0.1) is 0 Å². The Morgan fingerprint density at radius 3 is 2.48 bits per heavy atom. The number of methoxy groups -OCH3 is 1. The SMILES string of the molecule is COc1cc(C#N)cc(Cl)c1OCC(=O)Nc1ccc(C(C)=O)cc1. The largest absolute Gasteiger partial charge is 0.493 e. The normalized spacial score (nSPS) is 9.84. The molecule has 0 aliphatic heterocycles. The molecule has 0 radical (unpaired) electrons. The van der Waals surface area contributed by atoms with Crippen molar-refractivity contribution in [3.8, 4) is 17.6 Å². The van der Waals surface area contributed by atoms with Gasteiger partial charge < -0.3 is 14.8 Å². The Balaban J connectivity index is 2.03. The molecule has 2 aromatic rings. The van der Waals surface area contributed by atoms with Crippen molar-refractivity contribution in [2.45, 2.75) is 6.92 Å². The maximum atomic E-state index is 12.0. The molecule has 0 unspecified atom stereocenters. The van der Waals surface area contributed by atoms with Gasteiger partial charge in [0.25, 0.3) is 5.91 Å². The summed E-state index contributed by atoms with van der Waals surface area (Å²) in [6.07, 6.45) is 0. The van der Waals surface area contributed by atoms with Crippen molar-refractivity contribution in [2.75, 3.05) is 19.0 Å². The highest BCUT2D eigenvalue weighted by atomic mass is 35.5. The number of nitrogens with one attached hydrogen (secondary N) is 1. The van der Waals surface area contributed by atoms with Crippen LogP contribution in [0.5, 0.6) is 11.5 Å². The van der Waals surface area contributed by atoms with Crippen LogP contribution in [0.25, 0.3) is 0 Å². The minimum absolute atomic E-state index is 0.0521. The predicted molar refractivity (Wildman–Crippen MR) is 93.3 cm³/mol. The van der Waals surface area contributed by atoms with Crippen LogP contribution < -0.4 is 14.8 Å². The van der Waals surface area contributed by atoms with Gasteiger partial charge in [0.2, 0.25) is 0 Å². The van der Waals surface area contributed by atoms with Crippen LogP contribution in [-0.2, 0) is 4.79 Å². The topological polar surface area (TPSA) is 88.4 Å². The lowest BCUT2D eigenvalue weighted by Gasteiger charge is -2.13. The van der Waals surface area contributed by atoms with E-state index in [-0.39, 0.29) is 28.9 Å². The van der Waals surface area contributed by atoms with E-state index in [4.69, 9.17) is 26.3 Å². The number of amides is 1. The molecule has 0 fully saturated rings. The Kier molecular flexibility index (Phi) is 5.98. The lowest BCUT2D eigenvalue weighted by molar-refractivity contribution is -0.118. The number of hydrogen-bond acceptors (Lipinski definition) is 5. The van der Waals surface area contributed by atoms with Gasteiger partial charge in [0.05, 0.1) is 23.8 Å². The van der Waals surface area contributed by atoms with Gasteiger partial charge in [-0.3, -0.25) is 9.59 Å². The third-order valence-electron chi connectivity index (χ3n) is 3.28. The summed E-state index contributed by atoms with van der Waals surface area (Å²) in [5, 5.41) is 11.7. The number of carbonyl (C=O) groups excluding carboxylic acids is 2. The second-order valence-electron chi connectivity index (χ2n) is 5.07. The maximum Gasteiger partial charge on any atom is 0.262 e. The first-order valence-electron chi connectivity index (χ1n) is 7.26. The molecule has 0 saturated heterocycles. The van der Waals surface area contributed by atoms with Gasteiger partial charge in [0, 0.05) is 17.3 Å². The molecule has 0 aliphatic rings. The molecule has 0 saturated carbocycles. The number of nitriles is 1. The Labute approximate surface area is 149 Å². The molecule has 0 atom stereocenters. The van der Waals surface area contributed by atoms with E-state index in [9.17, 15) is 9.59 Å². The van der Waals surface area contributed by atoms with Gasteiger partial charge in [-0.2, -0.15) is 5.26 Å². The highest BCUT2D eigenvalue weighted by Gasteiger charge is 2.14. The van der Waals surface area contributed by atoms with Crippen molar-refractivity contribution in [3.63, 3.8) is 0 Å². The van der Waals surface area contributed by atoms with E-state index in [1.54, 1.807) is 24.3 Å². The molecule has 0 spiro atoms. The summed E-state index contributed by atoms with van der Waals surface area (Å²) in [6.45, 7) is 1.17. The molecular weight excluding hydrogens is 344 g/mol. The van der Waals surface area contributed by atoms with E-state index in [1.807, 2.05) is 6.07 Å². The Morgan fingerprint density at radius 1 is 1.24 bits per heavy atom. The van der Waals surface area contributed by atoms with Gasteiger partial charge in [-0.25, -0.2) is 0 Å². The molecule has 2 aromatic carbocycles. The minimum atomic E-state index is -0.405. The molecule has 1 N–H and O–H groups in total. The van der Waals surface area contributed by atoms with Crippen LogP contribution in [0.4, 0.5) is 5.69 Å². The third kappa shape index (κ3) is 4.72. The van der Waals surface area contributed by atoms with Gasteiger partial charge in [0.15, 0.2) is 23.9 Å². The van der Waals surface area contributed by atoms with Crippen LogP contribution in [0.1, 0.15) is 22.8 Å². The van der Waals surface area contributed by atoms with Gasteiger partial charge >= 0.3 is 0 Å². The summed E-state index contributed by atoms with van der Waals surface area (Å²) in [4.78, 5) is 23.2. The van der Waals surface area contributed by atoms with E-state index >= 15 is 0 Å². The first kappa shape index (κ1) is 18.3. The number of hydrogen-bond donors (Lipinski definition) is 1. The van der Waals surface area contributed by atoms with Gasteiger partial charge in [0.1, 0.15) is 0 Å². The lowest BCUT2D eigenvalue weighted by atomic mass is 10.1. The van der Waals surface area contributed by atoms with Crippen LogP contribution in [0.15, 0.2) is 36.4 Å². The third-order valence-corrected chi connectivity index (χ3v) is 3.56. The second-order valence-corrected chi connectivity index (χ2v) is 5.48. The van der Waals surface area contributed by atoms with Crippen LogP contribution in [-0.4, -0.2) is 25.4 Å². The molecule has 7 heteroatoms. The fourth-order valence-corrected chi connectivity index (χ4v) is 2.31. The molecule has 2 rings (SSSR count). The monoisotopic (exact) mass is 358 g/mol. The van der Waals surface area contributed by atoms with Crippen molar-refractivity contribution >= 4 is 29.0 Å². The molecule has 0 bridgehead atoms. The standard InChI is InChI=1S/C18H15ClN2O4/c1-11(22)13-3-5-14(6-4-13)21-17(23)10-25-18-15(19)7-12(9-20)8-16(18)24-2/h3-8H,10H2,1-2H3,(H,21,23). The van der Waals surface area contributed by atoms with Crippen molar-refractivity contribution in [1.29, 1.82) is 5.26 Å². The fraction of sp³-hybridized carbons (Fsp3) is 0.167. The first-order chi connectivity index (χ1) is 11.9. The average molecular weight is 359 g/mol. The van der Waals surface area contributed by atoms with Gasteiger partial charge in [-0.05, 0) is 37.3 Å². The highest BCUT2D eigenvalue weighted by Crippen LogP contribution is 2.36. The molecular formula is C18H15ClN2O4. The van der Waals surface area contributed by atoms with Crippen LogP contribution in [0.2, 0.25) is 5.02 Å².